The topological polar surface area (TPSA) is 86.7 Å². The number of nitrogens with one attached hydrogen (secondary N) is 1. The van der Waals surface area contributed by atoms with Crippen LogP contribution in [0.5, 0.6) is 0 Å². The van der Waals surface area contributed by atoms with E-state index in [1.165, 1.54) is 18.3 Å². The van der Waals surface area contributed by atoms with Gasteiger partial charge >= 0.3 is 12.0 Å². The van der Waals surface area contributed by atoms with Gasteiger partial charge in [0.05, 0.1) is 4.34 Å². The number of amides is 3. The Bertz CT molecular complexity index is 544. The van der Waals surface area contributed by atoms with Gasteiger partial charge in [-0.15, -0.1) is 11.3 Å². The number of carbonyl (C=O) groups excluding carboxylic acids is 2. The van der Waals surface area contributed by atoms with Gasteiger partial charge in [0.1, 0.15) is 12.1 Å². The van der Waals surface area contributed by atoms with E-state index in [0.717, 1.165) is 0 Å². The Kier molecular flexibility index (Phi) is 3.04. The summed E-state index contributed by atoms with van der Waals surface area (Å²) in [5, 5.41) is 12.8. The number of urea groups is 1. The summed E-state index contributed by atoms with van der Waals surface area (Å²) in [5.74, 6) is -1.84. The number of thiophene rings is 1. The van der Waals surface area contributed by atoms with Crippen LogP contribution in [0, 0.1) is 0 Å². The number of carboxylic acid groups (broad SMARTS) is 1. The molecule has 0 spiro atoms. The molecule has 6 nitrogen and oxygen atoms in total. The van der Waals surface area contributed by atoms with Gasteiger partial charge in [0.2, 0.25) is 0 Å². The molecular weight excluding hydrogens is 280 g/mol. The maximum atomic E-state index is 12.1. The monoisotopic (exact) mass is 288 g/mol. The van der Waals surface area contributed by atoms with Gasteiger partial charge in [0.15, 0.2) is 0 Å². The Hall–Kier alpha value is -1.60. The molecule has 0 aromatic carbocycles. The fourth-order valence-electron chi connectivity index (χ4n) is 1.74. The largest absolute Gasteiger partial charge is 0.480 e. The van der Waals surface area contributed by atoms with Crippen LogP contribution in [-0.4, -0.2) is 34.5 Å². The second kappa shape index (κ2) is 4.25. The highest BCUT2D eigenvalue weighted by Crippen LogP contribution is 2.33. The predicted octanol–water partition coefficient (Wildman–Crippen LogP) is 1.25. The average Bonchev–Trinajstić information content (AvgIpc) is 2.78. The molecule has 1 saturated heterocycles. The molecule has 1 aliphatic heterocycles. The quantitative estimate of drug-likeness (QED) is 0.820. The third kappa shape index (κ3) is 1.95. The van der Waals surface area contributed by atoms with Crippen LogP contribution in [0.25, 0.3) is 0 Å². The van der Waals surface area contributed by atoms with Crippen molar-refractivity contribution in [3.8, 4) is 0 Å². The lowest BCUT2D eigenvalue weighted by Crippen LogP contribution is -2.41. The lowest BCUT2D eigenvalue weighted by Gasteiger charge is -2.20. The molecule has 0 bridgehead atoms. The smallest absolute Gasteiger partial charge is 0.325 e. The van der Waals surface area contributed by atoms with Crippen LogP contribution in [0.15, 0.2) is 11.4 Å². The highest BCUT2D eigenvalue weighted by atomic mass is 35.5. The molecule has 8 heteroatoms. The molecule has 3 amide bonds. The van der Waals surface area contributed by atoms with Crippen LogP contribution in [0.2, 0.25) is 4.34 Å². The van der Waals surface area contributed by atoms with Gasteiger partial charge in [-0.2, -0.15) is 0 Å². The standard InChI is InChI=1S/C10H9ClN2O4S/c1-10(5-2-6(11)18-4-5)8(16)13(3-7(14)15)9(17)12-10/h2,4H,3H2,1H3,(H,12,17)(H,14,15). The highest BCUT2D eigenvalue weighted by molar-refractivity contribution is 7.14. The van der Waals surface area contributed by atoms with Crippen LogP contribution in [-0.2, 0) is 15.1 Å². The van der Waals surface area contributed by atoms with E-state index in [1.54, 1.807) is 11.4 Å². The fraction of sp³-hybridized carbons (Fsp3) is 0.300. The number of carbonyl (C=O) groups is 3. The maximum Gasteiger partial charge on any atom is 0.325 e. The highest BCUT2D eigenvalue weighted by Gasteiger charge is 2.49. The van der Waals surface area contributed by atoms with Crippen molar-refractivity contribution in [1.82, 2.24) is 10.2 Å². The van der Waals surface area contributed by atoms with Gasteiger partial charge in [-0.1, -0.05) is 11.6 Å². The Balaban J connectivity index is 2.34. The van der Waals surface area contributed by atoms with E-state index in [4.69, 9.17) is 16.7 Å². The first-order valence-corrected chi connectivity index (χ1v) is 6.21. The summed E-state index contributed by atoms with van der Waals surface area (Å²) >= 11 is 7.03. The van der Waals surface area contributed by atoms with Crippen LogP contribution in [0.1, 0.15) is 12.5 Å². The summed E-state index contributed by atoms with van der Waals surface area (Å²) in [6, 6.07) is 0.863. The normalized spacial score (nSPS) is 23.3. The molecule has 0 radical (unpaired) electrons. The molecule has 2 heterocycles. The number of carboxylic acids is 1. The van der Waals surface area contributed by atoms with Gasteiger partial charge in [0, 0.05) is 0 Å². The molecule has 1 aromatic heterocycles. The molecule has 18 heavy (non-hydrogen) atoms. The summed E-state index contributed by atoms with van der Waals surface area (Å²) in [4.78, 5) is 35.0. The van der Waals surface area contributed by atoms with E-state index < -0.39 is 30.0 Å². The van der Waals surface area contributed by atoms with E-state index in [-0.39, 0.29) is 0 Å². The summed E-state index contributed by atoms with van der Waals surface area (Å²) in [5.41, 5.74) is -0.709. The molecule has 2 N–H and O–H groups in total. The predicted molar refractivity (Wildman–Crippen MR) is 64.6 cm³/mol. The number of imide groups is 1. The van der Waals surface area contributed by atoms with E-state index in [1.807, 2.05) is 0 Å². The van der Waals surface area contributed by atoms with Crippen LogP contribution in [0.3, 0.4) is 0 Å². The molecule has 2 rings (SSSR count). The third-order valence-electron chi connectivity index (χ3n) is 2.71. The lowest BCUT2D eigenvalue weighted by atomic mass is 9.95. The zero-order chi connectivity index (χ0) is 13.5. The first kappa shape index (κ1) is 12.8. The molecule has 0 saturated carbocycles. The fourth-order valence-corrected chi connectivity index (χ4v) is 2.73. The first-order valence-electron chi connectivity index (χ1n) is 4.95. The van der Waals surface area contributed by atoms with Crippen molar-refractivity contribution in [2.45, 2.75) is 12.5 Å². The maximum absolute atomic E-state index is 12.1. The van der Waals surface area contributed by atoms with Gasteiger partial charge in [-0.25, -0.2) is 4.79 Å². The van der Waals surface area contributed by atoms with Gasteiger partial charge in [-0.05, 0) is 23.9 Å². The van der Waals surface area contributed by atoms with Crippen molar-refractivity contribution in [2.75, 3.05) is 6.54 Å². The zero-order valence-electron chi connectivity index (χ0n) is 9.27. The van der Waals surface area contributed by atoms with Gasteiger partial charge in [-0.3, -0.25) is 14.5 Å². The molecule has 1 atom stereocenters. The SMILES string of the molecule is CC1(c2csc(Cl)c2)NC(=O)N(CC(=O)O)C1=O. The second-order valence-corrected chi connectivity index (χ2v) is 5.52. The summed E-state index contributed by atoms with van der Waals surface area (Å²) in [6.45, 7) is 0.867. The molecule has 96 valence electrons. The zero-order valence-corrected chi connectivity index (χ0v) is 10.8. The van der Waals surface area contributed by atoms with E-state index in [2.05, 4.69) is 5.32 Å². The van der Waals surface area contributed by atoms with Crippen molar-refractivity contribution in [1.29, 1.82) is 0 Å². The molecule has 0 aliphatic carbocycles. The Morgan fingerprint density at radius 1 is 1.61 bits per heavy atom. The number of rotatable bonds is 3. The number of nitrogens with zero attached hydrogens (tertiary/aromatic N) is 1. The Morgan fingerprint density at radius 2 is 2.28 bits per heavy atom. The van der Waals surface area contributed by atoms with Crippen molar-refractivity contribution >= 4 is 40.8 Å². The molecule has 1 fully saturated rings. The number of aliphatic carboxylic acids is 1. The minimum absolute atomic E-state index is 0.491. The van der Waals surface area contributed by atoms with Gasteiger partial charge in [0.25, 0.3) is 5.91 Å². The van der Waals surface area contributed by atoms with Crippen LogP contribution >= 0.6 is 22.9 Å². The minimum atomic E-state index is -1.25. The molecule has 1 unspecified atom stereocenters. The third-order valence-corrected chi connectivity index (χ3v) is 3.80. The van der Waals surface area contributed by atoms with E-state index >= 15 is 0 Å². The number of halogens is 1. The van der Waals surface area contributed by atoms with Crippen molar-refractivity contribution in [2.24, 2.45) is 0 Å². The first-order chi connectivity index (χ1) is 8.34. The number of hydrogen-bond donors (Lipinski definition) is 2. The van der Waals surface area contributed by atoms with E-state index in [0.29, 0.717) is 14.8 Å². The van der Waals surface area contributed by atoms with E-state index in [9.17, 15) is 14.4 Å². The molecule has 1 aromatic rings. The molecule has 1 aliphatic rings. The minimum Gasteiger partial charge on any atom is -0.480 e. The lowest BCUT2D eigenvalue weighted by molar-refractivity contribution is -0.142. The van der Waals surface area contributed by atoms with Crippen molar-refractivity contribution in [3.05, 3.63) is 21.3 Å². The van der Waals surface area contributed by atoms with Crippen molar-refractivity contribution in [3.63, 3.8) is 0 Å². The van der Waals surface area contributed by atoms with Crippen molar-refractivity contribution < 1.29 is 19.5 Å². The van der Waals surface area contributed by atoms with Crippen LogP contribution in [0.4, 0.5) is 4.79 Å². The Morgan fingerprint density at radius 3 is 2.78 bits per heavy atom. The van der Waals surface area contributed by atoms with Gasteiger partial charge < -0.3 is 10.4 Å². The molecular formula is C10H9ClN2O4S. The summed E-state index contributed by atoms with van der Waals surface area (Å²) in [6.07, 6.45) is 0. The Labute approximate surface area is 111 Å². The van der Waals surface area contributed by atoms with Crippen LogP contribution < -0.4 is 5.32 Å². The number of hydrogen-bond acceptors (Lipinski definition) is 4. The second-order valence-electron chi connectivity index (χ2n) is 3.98. The average molecular weight is 289 g/mol. The summed E-state index contributed by atoms with van der Waals surface area (Å²) in [7, 11) is 0. The summed E-state index contributed by atoms with van der Waals surface area (Å²) < 4.78 is 0.491.